The van der Waals surface area contributed by atoms with E-state index >= 15 is 0 Å². The minimum Gasteiger partial charge on any atom is -0.369 e. The SMILES string of the molecule is CC1(C)CC(c2ccccc2N2CCN(CC3CC3CCl)CC2)CC(C)(C)C1.Cl. The minimum atomic E-state index is 0. The molecule has 164 valence electrons. The average Bonchev–Trinajstić information content (AvgIpc) is 3.38. The minimum absolute atomic E-state index is 0. The van der Waals surface area contributed by atoms with Crippen LogP contribution in [0.2, 0.25) is 0 Å². The molecule has 0 N–H and O–H groups in total. The molecule has 3 aliphatic rings. The molecule has 2 atom stereocenters. The Morgan fingerprint density at radius 2 is 1.55 bits per heavy atom. The number of rotatable bonds is 5. The molecule has 4 heteroatoms. The van der Waals surface area contributed by atoms with E-state index in [9.17, 15) is 0 Å². The highest BCUT2D eigenvalue weighted by molar-refractivity contribution is 6.18. The molecule has 1 heterocycles. The molecule has 4 rings (SSSR count). The molecule has 0 aromatic heterocycles. The van der Waals surface area contributed by atoms with Gasteiger partial charge in [-0.25, -0.2) is 0 Å². The molecule has 2 saturated carbocycles. The van der Waals surface area contributed by atoms with Crippen molar-refractivity contribution in [1.29, 1.82) is 0 Å². The Bertz CT molecular complexity index is 663. The Balaban J connectivity index is 0.00000240. The summed E-state index contributed by atoms with van der Waals surface area (Å²) in [4.78, 5) is 5.33. The zero-order valence-corrected chi connectivity index (χ0v) is 20.4. The molecule has 1 saturated heterocycles. The summed E-state index contributed by atoms with van der Waals surface area (Å²) in [7, 11) is 0. The van der Waals surface area contributed by atoms with E-state index < -0.39 is 0 Å². The highest BCUT2D eigenvalue weighted by atomic mass is 35.5. The molecule has 29 heavy (non-hydrogen) atoms. The molecule has 0 amide bonds. The maximum atomic E-state index is 6.02. The van der Waals surface area contributed by atoms with E-state index in [0.717, 1.165) is 30.8 Å². The quantitative estimate of drug-likeness (QED) is 0.488. The number of halogens is 2. The van der Waals surface area contributed by atoms with Crippen LogP contribution in [0.25, 0.3) is 0 Å². The van der Waals surface area contributed by atoms with Crippen LogP contribution < -0.4 is 4.90 Å². The van der Waals surface area contributed by atoms with Crippen molar-refractivity contribution in [1.82, 2.24) is 4.90 Å². The summed E-state index contributed by atoms with van der Waals surface area (Å²) in [5.41, 5.74) is 3.97. The van der Waals surface area contributed by atoms with Gasteiger partial charge in [-0.15, -0.1) is 24.0 Å². The Kier molecular flexibility index (Phi) is 7.18. The molecule has 1 aliphatic heterocycles. The van der Waals surface area contributed by atoms with Crippen LogP contribution in [0, 0.1) is 22.7 Å². The predicted molar refractivity (Wildman–Crippen MR) is 129 cm³/mol. The van der Waals surface area contributed by atoms with Crippen molar-refractivity contribution in [3.05, 3.63) is 29.8 Å². The maximum Gasteiger partial charge on any atom is 0.0402 e. The first-order valence-corrected chi connectivity index (χ1v) is 11.9. The molecule has 1 aromatic rings. The first-order chi connectivity index (χ1) is 13.3. The highest BCUT2D eigenvalue weighted by Crippen LogP contribution is 2.53. The predicted octanol–water partition coefficient (Wildman–Crippen LogP) is 6.43. The van der Waals surface area contributed by atoms with E-state index in [1.165, 1.54) is 51.0 Å². The van der Waals surface area contributed by atoms with Crippen molar-refractivity contribution in [2.75, 3.05) is 43.5 Å². The molecular weight excluding hydrogens is 399 g/mol. The summed E-state index contributed by atoms with van der Waals surface area (Å²) in [5, 5.41) is 0. The number of nitrogens with zero attached hydrogens (tertiary/aromatic N) is 2. The second kappa shape index (κ2) is 8.97. The molecular formula is C25H40Cl2N2. The largest absolute Gasteiger partial charge is 0.369 e. The molecule has 2 aliphatic carbocycles. The number of alkyl halides is 1. The van der Waals surface area contributed by atoms with Gasteiger partial charge in [0.25, 0.3) is 0 Å². The number of hydrogen-bond acceptors (Lipinski definition) is 2. The zero-order valence-electron chi connectivity index (χ0n) is 18.8. The molecule has 1 aromatic carbocycles. The summed E-state index contributed by atoms with van der Waals surface area (Å²) in [6, 6.07) is 9.28. The summed E-state index contributed by atoms with van der Waals surface area (Å²) in [6.07, 6.45) is 5.31. The van der Waals surface area contributed by atoms with Crippen LogP contribution in [0.4, 0.5) is 5.69 Å². The van der Waals surface area contributed by atoms with E-state index in [-0.39, 0.29) is 12.4 Å². The molecule has 0 bridgehead atoms. The van der Waals surface area contributed by atoms with Gasteiger partial charge in [0.15, 0.2) is 0 Å². The monoisotopic (exact) mass is 438 g/mol. The zero-order chi connectivity index (χ0) is 19.9. The van der Waals surface area contributed by atoms with Gasteiger partial charge in [0.1, 0.15) is 0 Å². The van der Waals surface area contributed by atoms with Crippen molar-refractivity contribution in [2.45, 2.75) is 59.3 Å². The lowest BCUT2D eigenvalue weighted by Crippen LogP contribution is -2.47. The van der Waals surface area contributed by atoms with Crippen LogP contribution in [-0.4, -0.2) is 43.5 Å². The fourth-order valence-corrected chi connectivity index (χ4v) is 6.79. The van der Waals surface area contributed by atoms with E-state index in [4.69, 9.17) is 11.6 Å². The van der Waals surface area contributed by atoms with Gasteiger partial charge in [-0.05, 0) is 65.9 Å². The first kappa shape index (κ1) is 23.2. The standard InChI is InChI=1S/C25H39ClN2.ClH/c1-24(2)14-21(15-25(3,4)18-24)22-7-5-6-8-23(22)28-11-9-27(10-12-28)17-20-13-19(20)16-26;/h5-8,19-21H,9-18H2,1-4H3;1H. The second-order valence-corrected chi connectivity index (χ2v) is 11.7. The molecule has 0 radical (unpaired) electrons. The summed E-state index contributed by atoms with van der Waals surface area (Å²) >= 11 is 6.02. The number of benzene rings is 1. The van der Waals surface area contributed by atoms with Gasteiger partial charge in [0, 0.05) is 44.3 Å². The lowest BCUT2D eigenvalue weighted by atomic mass is 9.60. The van der Waals surface area contributed by atoms with Crippen molar-refractivity contribution < 1.29 is 0 Å². The smallest absolute Gasteiger partial charge is 0.0402 e. The topological polar surface area (TPSA) is 6.48 Å². The van der Waals surface area contributed by atoms with Crippen LogP contribution >= 0.6 is 24.0 Å². The lowest BCUT2D eigenvalue weighted by Gasteiger charge is -2.46. The van der Waals surface area contributed by atoms with E-state index in [2.05, 4.69) is 61.8 Å². The second-order valence-electron chi connectivity index (χ2n) is 11.4. The van der Waals surface area contributed by atoms with E-state index in [0.29, 0.717) is 16.7 Å². The van der Waals surface area contributed by atoms with Gasteiger partial charge in [0.05, 0.1) is 0 Å². The Labute approximate surface area is 189 Å². The summed E-state index contributed by atoms with van der Waals surface area (Å²) in [6.45, 7) is 15.8. The summed E-state index contributed by atoms with van der Waals surface area (Å²) < 4.78 is 0. The van der Waals surface area contributed by atoms with Gasteiger partial charge in [-0.1, -0.05) is 45.9 Å². The maximum absolute atomic E-state index is 6.02. The Morgan fingerprint density at radius 1 is 0.931 bits per heavy atom. The van der Waals surface area contributed by atoms with Crippen LogP contribution in [0.5, 0.6) is 0 Å². The third-order valence-corrected chi connectivity index (χ3v) is 7.80. The van der Waals surface area contributed by atoms with Crippen molar-refractivity contribution in [3.63, 3.8) is 0 Å². The first-order valence-electron chi connectivity index (χ1n) is 11.4. The number of piperazine rings is 1. The Morgan fingerprint density at radius 3 is 2.14 bits per heavy atom. The van der Waals surface area contributed by atoms with Gasteiger partial charge in [-0.3, -0.25) is 4.90 Å². The third kappa shape index (κ3) is 5.63. The van der Waals surface area contributed by atoms with Gasteiger partial charge in [0.2, 0.25) is 0 Å². The molecule has 2 nitrogen and oxygen atoms in total. The number of anilines is 1. The molecule has 2 unspecified atom stereocenters. The van der Waals surface area contributed by atoms with Gasteiger partial charge >= 0.3 is 0 Å². The Hall–Kier alpha value is -0.440. The van der Waals surface area contributed by atoms with Crippen LogP contribution in [0.3, 0.4) is 0 Å². The average molecular weight is 440 g/mol. The lowest BCUT2D eigenvalue weighted by molar-refractivity contribution is 0.0970. The van der Waals surface area contributed by atoms with Gasteiger partial charge in [-0.2, -0.15) is 0 Å². The van der Waals surface area contributed by atoms with Crippen LogP contribution in [0.1, 0.15) is 64.9 Å². The van der Waals surface area contributed by atoms with Gasteiger partial charge < -0.3 is 4.90 Å². The van der Waals surface area contributed by atoms with Crippen LogP contribution in [-0.2, 0) is 0 Å². The van der Waals surface area contributed by atoms with E-state index in [1.54, 1.807) is 5.56 Å². The van der Waals surface area contributed by atoms with E-state index in [1.807, 2.05) is 0 Å². The highest BCUT2D eigenvalue weighted by Gasteiger charge is 2.40. The fourth-order valence-electron chi connectivity index (χ4n) is 6.41. The van der Waals surface area contributed by atoms with Crippen molar-refractivity contribution in [3.8, 4) is 0 Å². The third-order valence-electron chi connectivity index (χ3n) is 7.40. The van der Waals surface area contributed by atoms with Crippen LogP contribution in [0.15, 0.2) is 24.3 Å². The molecule has 3 fully saturated rings. The van der Waals surface area contributed by atoms with Crippen molar-refractivity contribution in [2.24, 2.45) is 22.7 Å². The molecule has 0 spiro atoms. The summed E-state index contributed by atoms with van der Waals surface area (Å²) in [5.74, 6) is 3.19. The number of hydrogen-bond donors (Lipinski definition) is 0. The fraction of sp³-hybridized carbons (Fsp3) is 0.760. The normalized spacial score (nSPS) is 29.3. The number of para-hydroxylation sites is 1. The van der Waals surface area contributed by atoms with Crippen molar-refractivity contribution >= 4 is 29.7 Å².